The summed E-state index contributed by atoms with van der Waals surface area (Å²) in [7, 11) is 0. The minimum absolute atomic E-state index is 0.130. The second kappa shape index (κ2) is 5.69. The number of hydrogen-bond donors (Lipinski definition) is 1. The summed E-state index contributed by atoms with van der Waals surface area (Å²) in [5.41, 5.74) is 3.42. The highest BCUT2D eigenvalue weighted by atomic mass is 16.4. The summed E-state index contributed by atoms with van der Waals surface area (Å²) in [5, 5.41) is 8.80. The minimum Gasteiger partial charge on any atom is -0.481 e. The molecule has 1 N–H and O–H groups in total. The number of aliphatic carboxylic acids is 1. The summed E-state index contributed by atoms with van der Waals surface area (Å²) < 4.78 is 0. The van der Waals surface area contributed by atoms with Crippen LogP contribution in [0.25, 0.3) is 0 Å². The number of hydrogen-bond acceptors (Lipinski definition) is 1. The van der Waals surface area contributed by atoms with E-state index >= 15 is 0 Å². The molecule has 0 atom stereocenters. The summed E-state index contributed by atoms with van der Waals surface area (Å²) >= 11 is 0. The predicted octanol–water partition coefficient (Wildman–Crippen LogP) is 3.07. The molecule has 0 bridgehead atoms. The third kappa shape index (κ3) is 3.69. The van der Waals surface area contributed by atoms with Gasteiger partial charge in [-0.25, -0.2) is 0 Å². The van der Waals surface area contributed by atoms with Gasteiger partial charge in [0, 0.05) is 0 Å². The molecule has 0 aliphatic rings. The molecule has 16 heavy (non-hydrogen) atoms. The standard InChI is InChI=1S/C14H20O2/c1-4-12-8-11(7-10(2)3)5-6-13(12)9-14(15)16/h5-6,8,10H,4,7,9H2,1-3H3,(H,15,16). The number of carboxylic acid groups (broad SMARTS) is 1. The SMILES string of the molecule is CCc1cc(CC(C)C)ccc1CC(=O)O. The van der Waals surface area contributed by atoms with Crippen LogP contribution in [-0.4, -0.2) is 11.1 Å². The Bertz CT molecular complexity index is 367. The van der Waals surface area contributed by atoms with E-state index in [1.54, 1.807) is 0 Å². The number of carbonyl (C=O) groups is 1. The van der Waals surface area contributed by atoms with E-state index in [1.165, 1.54) is 11.1 Å². The van der Waals surface area contributed by atoms with Crippen LogP contribution < -0.4 is 0 Å². The van der Waals surface area contributed by atoms with Crippen molar-refractivity contribution in [2.75, 3.05) is 0 Å². The van der Waals surface area contributed by atoms with E-state index in [2.05, 4.69) is 32.9 Å². The smallest absolute Gasteiger partial charge is 0.307 e. The van der Waals surface area contributed by atoms with Crippen molar-refractivity contribution in [2.45, 2.75) is 40.0 Å². The molecular formula is C14H20O2. The highest BCUT2D eigenvalue weighted by molar-refractivity contribution is 5.70. The molecule has 0 saturated heterocycles. The highest BCUT2D eigenvalue weighted by Crippen LogP contribution is 2.16. The van der Waals surface area contributed by atoms with Crippen molar-refractivity contribution in [1.82, 2.24) is 0 Å². The van der Waals surface area contributed by atoms with E-state index in [1.807, 2.05) is 6.07 Å². The Morgan fingerprint density at radius 1 is 1.31 bits per heavy atom. The molecule has 0 unspecified atom stereocenters. The molecule has 1 rings (SSSR count). The maximum atomic E-state index is 10.7. The van der Waals surface area contributed by atoms with Gasteiger partial charge in [-0.15, -0.1) is 0 Å². The fourth-order valence-electron chi connectivity index (χ4n) is 1.94. The maximum Gasteiger partial charge on any atom is 0.307 e. The van der Waals surface area contributed by atoms with Crippen molar-refractivity contribution in [1.29, 1.82) is 0 Å². The third-order valence-corrected chi connectivity index (χ3v) is 2.64. The zero-order chi connectivity index (χ0) is 12.1. The number of benzene rings is 1. The average molecular weight is 220 g/mol. The molecule has 2 heteroatoms. The van der Waals surface area contributed by atoms with Crippen molar-refractivity contribution < 1.29 is 9.90 Å². The summed E-state index contributed by atoms with van der Waals surface area (Å²) in [5.74, 6) is -0.124. The molecule has 88 valence electrons. The van der Waals surface area contributed by atoms with E-state index < -0.39 is 5.97 Å². The Morgan fingerprint density at radius 3 is 2.50 bits per heavy atom. The molecule has 0 aliphatic carbocycles. The lowest BCUT2D eigenvalue weighted by molar-refractivity contribution is -0.136. The summed E-state index contributed by atoms with van der Waals surface area (Å²) in [4.78, 5) is 10.7. The van der Waals surface area contributed by atoms with Gasteiger partial charge in [-0.2, -0.15) is 0 Å². The monoisotopic (exact) mass is 220 g/mol. The lowest BCUT2D eigenvalue weighted by Gasteiger charge is -2.10. The first-order valence-electron chi connectivity index (χ1n) is 5.85. The fourth-order valence-corrected chi connectivity index (χ4v) is 1.94. The second-order valence-corrected chi connectivity index (χ2v) is 4.63. The largest absolute Gasteiger partial charge is 0.481 e. The molecule has 2 nitrogen and oxygen atoms in total. The van der Waals surface area contributed by atoms with E-state index in [4.69, 9.17) is 5.11 Å². The molecule has 1 aromatic rings. The third-order valence-electron chi connectivity index (χ3n) is 2.64. The Labute approximate surface area is 97.3 Å². The van der Waals surface area contributed by atoms with Gasteiger partial charge in [0.2, 0.25) is 0 Å². The quantitative estimate of drug-likeness (QED) is 0.828. The number of carboxylic acids is 1. The summed E-state index contributed by atoms with van der Waals surface area (Å²) in [6.45, 7) is 6.45. The molecule has 0 spiro atoms. The van der Waals surface area contributed by atoms with Crippen LogP contribution in [-0.2, 0) is 24.1 Å². The molecule has 0 saturated carbocycles. The van der Waals surface area contributed by atoms with E-state index in [9.17, 15) is 4.79 Å². The lowest BCUT2D eigenvalue weighted by atomic mass is 9.95. The van der Waals surface area contributed by atoms with Gasteiger partial charge in [0.1, 0.15) is 0 Å². The first kappa shape index (κ1) is 12.8. The van der Waals surface area contributed by atoms with Crippen molar-refractivity contribution in [3.63, 3.8) is 0 Å². The van der Waals surface area contributed by atoms with Crippen LogP contribution in [0.1, 0.15) is 37.5 Å². The minimum atomic E-state index is -0.758. The lowest BCUT2D eigenvalue weighted by Crippen LogP contribution is -2.04. The molecule has 0 heterocycles. The van der Waals surface area contributed by atoms with Gasteiger partial charge in [0.15, 0.2) is 0 Å². The van der Waals surface area contributed by atoms with Gasteiger partial charge >= 0.3 is 5.97 Å². The van der Waals surface area contributed by atoms with Gasteiger partial charge in [0.25, 0.3) is 0 Å². The first-order valence-corrected chi connectivity index (χ1v) is 5.85. The van der Waals surface area contributed by atoms with Crippen LogP contribution in [0, 0.1) is 5.92 Å². The maximum absolute atomic E-state index is 10.7. The zero-order valence-electron chi connectivity index (χ0n) is 10.3. The molecule has 0 aromatic heterocycles. The van der Waals surface area contributed by atoms with E-state index in [-0.39, 0.29) is 6.42 Å². The van der Waals surface area contributed by atoms with Crippen molar-refractivity contribution in [3.8, 4) is 0 Å². The Hall–Kier alpha value is -1.31. The van der Waals surface area contributed by atoms with Gasteiger partial charge in [-0.1, -0.05) is 39.0 Å². The first-order chi connectivity index (χ1) is 7.52. The van der Waals surface area contributed by atoms with E-state index in [0.29, 0.717) is 5.92 Å². The van der Waals surface area contributed by atoms with Gasteiger partial charge < -0.3 is 5.11 Å². The van der Waals surface area contributed by atoms with Crippen LogP contribution in [0.3, 0.4) is 0 Å². The molecular weight excluding hydrogens is 200 g/mol. The van der Waals surface area contributed by atoms with Crippen LogP contribution >= 0.6 is 0 Å². The van der Waals surface area contributed by atoms with Gasteiger partial charge in [0.05, 0.1) is 6.42 Å². The second-order valence-electron chi connectivity index (χ2n) is 4.63. The summed E-state index contributed by atoms with van der Waals surface area (Å²) in [6, 6.07) is 6.17. The average Bonchev–Trinajstić information content (AvgIpc) is 2.18. The number of aryl methyl sites for hydroxylation is 1. The fraction of sp³-hybridized carbons (Fsp3) is 0.500. The van der Waals surface area contributed by atoms with Gasteiger partial charge in [-0.3, -0.25) is 4.79 Å². The Morgan fingerprint density at radius 2 is 2.00 bits per heavy atom. The number of rotatable bonds is 5. The molecule has 1 aromatic carbocycles. The summed E-state index contributed by atoms with van der Waals surface area (Å²) in [6.07, 6.45) is 2.08. The zero-order valence-corrected chi connectivity index (χ0v) is 10.3. The van der Waals surface area contributed by atoms with Crippen LogP contribution in [0.5, 0.6) is 0 Å². The molecule has 0 fully saturated rings. The van der Waals surface area contributed by atoms with Crippen LogP contribution in [0.4, 0.5) is 0 Å². The van der Waals surface area contributed by atoms with Crippen LogP contribution in [0.15, 0.2) is 18.2 Å². The topological polar surface area (TPSA) is 37.3 Å². The predicted molar refractivity (Wildman–Crippen MR) is 65.7 cm³/mol. The highest BCUT2D eigenvalue weighted by Gasteiger charge is 2.07. The van der Waals surface area contributed by atoms with E-state index in [0.717, 1.165) is 18.4 Å². The van der Waals surface area contributed by atoms with Crippen molar-refractivity contribution >= 4 is 5.97 Å². The molecule has 0 aliphatic heterocycles. The van der Waals surface area contributed by atoms with Gasteiger partial charge in [-0.05, 0) is 35.4 Å². The normalized spacial score (nSPS) is 10.8. The Balaban J connectivity index is 2.92. The Kier molecular flexibility index (Phi) is 4.53. The van der Waals surface area contributed by atoms with Crippen molar-refractivity contribution in [2.24, 2.45) is 5.92 Å². The van der Waals surface area contributed by atoms with Crippen molar-refractivity contribution in [3.05, 3.63) is 34.9 Å². The molecule has 0 amide bonds. The molecule has 0 radical (unpaired) electrons. The van der Waals surface area contributed by atoms with Crippen LogP contribution in [0.2, 0.25) is 0 Å².